The van der Waals surface area contributed by atoms with Crippen LogP contribution in [0.5, 0.6) is 0 Å². The summed E-state index contributed by atoms with van der Waals surface area (Å²) in [5.41, 5.74) is 5.81. The zero-order chi connectivity index (χ0) is 21.1. The molecular formula is C24H21NO5. The summed E-state index contributed by atoms with van der Waals surface area (Å²) in [5.74, 6) is -1.28. The molecule has 0 saturated carbocycles. The number of hydrogen-bond donors (Lipinski definition) is 3. The smallest absolute Gasteiger partial charge is 0.411 e. The Morgan fingerprint density at radius 3 is 2.03 bits per heavy atom. The summed E-state index contributed by atoms with van der Waals surface area (Å²) in [5, 5.41) is 20.9. The lowest BCUT2D eigenvalue weighted by Gasteiger charge is -2.14. The Kier molecular flexibility index (Phi) is 5.50. The molecule has 1 aliphatic rings. The van der Waals surface area contributed by atoms with E-state index in [9.17, 15) is 14.7 Å². The average molecular weight is 403 g/mol. The van der Waals surface area contributed by atoms with Gasteiger partial charge in [0.15, 0.2) is 6.10 Å². The summed E-state index contributed by atoms with van der Waals surface area (Å²) in [6.07, 6.45) is -2.01. The van der Waals surface area contributed by atoms with Gasteiger partial charge in [-0.2, -0.15) is 0 Å². The summed E-state index contributed by atoms with van der Waals surface area (Å²) < 4.78 is 5.50. The van der Waals surface area contributed by atoms with Crippen LogP contribution in [0.2, 0.25) is 0 Å². The second-order valence-electron chi connectivity index (χ2n) is 7.21. The van der Waals surface area contributed by atoms with Crippen molar-refractivity contribution in [1.82, 2.24) is 0 Å². The predicted molar refractivity (Wildman–Crippen MR) is 112 cm³/mol. The van der Waals surface area contributed by atoms with Gasteiger partial charge in [0.05, 0.1) is 0 Å². The van der Waals surface area contributed by atoms with Gasteiger partial charge in [-0.3, -0.25) is 5.32 Å². The van der Waals surface area contributed by atoms with Gasteiger partial charge in [-0.05, 0) is 39.9 Å². The SMILES string of the molecule is O=C(Nc1ccc(CC(O)C(=O)O)cc1)OCC1c2ccccc2-c2ccccc21. The number of anilines is 1. The normalized spacial score (nSPS) is 13.2. The van der Waals surface area contributed by atoms with E-state index in [0.29, 0.717) is 11.3 Å². The maximum absolute atomic E-state index is 12.3. The third-order valence-corrected chi connectivity index (χ3v) is 5.26. The van der Waals surface area contributed by atoms with Gasteiger partial charge < -0.3 is 14.9 Å². The van der Waals surface area contributed by atoms with Crippen LogP contribution in [0.4, 0.5) is 10.5 Å². The van der Waals surface area contributed by atoms with E-state index < -0.39 is 18.2 Å². The largest absolute Gasteiger partial charge is 0.479 e. The molecule has 0 saturated heterocycles. The first-order valence-electron chi connectivity index (χ1n) is 9.64. The monoisotopic (exact) mass is 403 g/mol. The molecule has 3 N–H and O–H groups in total. The van der Waals surface area contributed by atoms with Crippen LogP contribution in [-0.4, -0.2) is 35.0 Å². The Labute approximate surface area is 173 Å². The van der Waals surface area contributed by atoms with Crippen LogP contribution in [0.15, 0.2) is 72.8 Å². The molecule has 0 radical (unpaired) electrons. The molecule has 0 heterocycles. The van der Waals surface area contributed by atoms with Gasteiger partial charge in [0.1, 0.15) is 6.61 Å². The highest BCUT2D eigenvalue weighted by atomic mass is 16.5. The predicted octanol–water partition coefficient (Wildman–Crippen LogP) is 4.04. The molecule has 1 unspecified atom stereocenters. The van der Waals surface area contributed by atoms with E-state index in [0.717, 1.165) is 11.1 Å². The van der Waals surface area contributed by atoms with Gasteiger partial charge in [-0.15, -0.1) is 0 Å². The van der Waals surface area contributed by atoms with Crippen LogP contribution in [-0.2, 0) is 16.0 Å². The van der Waals surface area contributed by atoms with Gasteiger partial charge in [-0.1, -0.05) is 60.7 Å². The van der Waals surface area contributed by atoms with Gasteiger partial charge in [0, 0.05) is 18.0 Å². The van der Waals surface area contributed by atoms with Crippen molar-refractivity contribution in [2.75, 3.05) is 11.9 Å². The number of amides is 1. The molecule has 152 valence electrons. The van der Waals surface area contributed by atoms with Crippen molar-refractivity contribution in [2.45, 2.75) is 18.4 Å². The molecule has 0 fully saturated rings. The lowest BCUT2D eigenvalue weighted by molar-refractivity contribution is -0.146. The fraction of sp³-hybridized carbons (Fsp3) is 0.167. The number of nitrogens with one attached hydrogen (secondary N) is 1. The molecule has 30 heavy (non-hydrogen) atoms. The summed E-state index contributed by atoms with van der Waals surface area (Å²) in [6, 6.07) is 22.9. The highest BCUT2D eigenvalue weighted by Gasteiger charge is 2.29. The van der Waals surface area contributed by atoms with Crippen LogP contribution in [0.3, 0.4) is 0 Å². The number of aliphatic hydroxyl groups is 1. The number of benzene rings is 3. The molecule has 0 aromatic heterocycles. The molecule has 1 atom stereocenters. The summed E-state index contributed by atoms with van der Waals surface area (Å²) in [6.45, 7) is 0.225. The second kappa shape index (κ2) is 8.39. The van der Waals surface area contributed by atoms with Crippen molar-refractivity contribution in [3.05, 3.63) is 89.5 Å². The Balaban J connectivity index is 1.38. The summed E-state index contributed by atoms with van der Waals surface area (Å²) in [4.78, 5) is 23.0. The first-order valence-corrected chi connectivity index (χ1v) is 9.64. The minimum Gasteiger partial charge on any atom is -0.479 e. The van der Waals surface area contributed by atoms with Crippen molar-refractivity contribution < 1.29 is 24.5 Å². The fourth-order valence-electron chi connectivity index (χ4n) is 3.79. The summed E-state index contributed by atoms with van der Waals surface area (Å²) in [7, 11) is 0. The van der Waals surface area contributed by atoms with Crippen LogP contribution in [0, 0.1) is 0 Å². The zero-order valence-electron chi connectivity index (χ0n) is 16.1. The average Bonchev–Trinajstić information content (AvgIpc) is 3.07. The first-order chi connectivity index (χ1) is 14.5. The highest BCUT2D eigenvalue weighted by molar-refractivity contribution is 5.85. The van der Waals surface area contributed by atoms with E-state index in [4.69, 9.17) is 9.84 Å². The van der Waals surface area contributed by atoms with Crippen LogP contribution < -0.4 is 5.32 Å². The Hall–Kier alpha value is -3.64. The van der Waals surface area contributed by atoms with Crippen LogP contribution in [0.1, 0.15) is 22.6 Å². The molecule has 3 aromatic carbocycles. The molecule has 6 nitrogen and oxygen atoms in total. The number of carbonyl (C=O) groups is 2. The molecule has 0 aliphatic heterocycles. The minimum absolute atomic E-state index is 0.000553. The standard InChI is InChI=1S/C24H21NO5/c26-22(23(27)28)13-15-9-11-16(12-10-15)25-24(29)30-14-21-19-7-3-1-5-17(19)18-6-2-4-8-20(18)21/h1-12,21-22,26H,13-14H2,(H,25,29)(H,27,28). The van der Waals surface area contributed by atoms with Crippen molar-refractivity contribution in [3.8, 4) is 11.1 Å². The molecule has 4 rings (SSSR count). The van der Waals surface area contributed by atoms with E-state index >= 15 is 0 Å². The Bertz CT molecular complexity index is 1030. The molecule has 0 spiro atoms. The van der Waals surface area contributed by atoms with E-state index in [1.165, 1.54) is 11.1 Å². The Morgan fingerprint density at radius 1 is 0.900 bits per heavy atom. The first kappa shape index (κ1) is 19.7. The van der Waals surface area contributed by atoms with E-state index in [1.807, 2.05) is 24.3 Å². The number of carbonyl (C=O) groups excluding carboxylic acids is 1. The maximum Gasteiger partial charge on any atom is 0.411 e. The van der Waals surface area contributed by atoms with Gasteiger partial charge in [0.2, 0.25) is 0 Å². The molecule has 0 bridgehead atoms. The molecule has 6 heteroatoms. The molecule has 1 amide bonds. The van der Waals surface area contributed by atoms with E-state index in [1.54, 1.807) is 24.3 Å². The number of carboxylic acids is 1. The fourth-order valence-corrected chi connectivity index (χ4v) is 3.79. The quantitative estimate of drug-likeness (QED) is 0.577. The molecular weight excluding hydrogens is 382 g/mol. The van der Waals surface area contributed by atoms with Crippen molar-refractivity contribution >= 4 is 17.7 Å². The number of carboxylic acid groups (broad SMARTS) is 1. The minimum atomic E-state index is -1.45. The topological polar surface area (TPSA) is 95.9 Å². The number of hydrogen-bond acceptors (Lipinski definition) is 4. The second-order valence-corrected chi connectivity index (χ2v) is 7.21. The number of rotatable bonds is 6. The number of ether oxygens (including phenoxy) is 1. The number of aliphatic hydroxyl groups excluding tert-OH is 1. The van der Waals surface area contributed by atoms with Crippen molar-refractivity contribution in [3.63, 3.8) is 0 Å². The number of fused-ring (bicyclic) bond motifs is 3. The molecule has 3 aromatic rings. The van der Waals surface area contributed by atoms with Crippen LogP contribution in [0.25, 0.3) is 11.1 Å². The lowest BCUT2D eigenvalue weighted by Crippen LogP contribution is -2.22. The number of aliphatic carboxylic acids is 1. The lowest BCUT2D eigenvalue weighted by atomic mass is 9.98. The van der Waals surface area contributed by atoms with Gasteiger partial charge >= 0.3 is 12.1 Å². The van der Waals surface area contributed by atoms with Gasteiger partial charge in [-0.25, -0.2) is 9.59 Å². The Morgan fingerprint density at radius 2 is 1.47 bits per heavy atom. The third-order valence-electron chi connectivity index (χ3n) is 5.26. The van der Waals surface area contributed by atoms with E-state index in [2.05, 4.69) is 29.6 Å². The third kappa shape index (κ3) is 4.04. The highest BCUT2D eigenvalue weighted by Crippen LogP contribution is 2.44. The van der Waals surface area contributed by atoms with Crippen molar-refractivity contribution in [2.24, 2.45) is 0 Å². The summed E-state index contributed by atoms with van der Waals surface area (Å²) >= 11 is 0. The van der Waals surface area contributed by atoms with E-state index in [-0.39, 0.29) is 18.9 Å². The van der Waals surface area contributed by atoms with Crippen LogP contribution >= 0.6 is 0 Å². The van der Waals surface area contributed by atoms with Gasteiger partial charge in [0.25, 0.3) is 0 Å². The van der Waals surface area contributed by atoms with Crippen molar-refractivity contribution in [1.29, 1.82) is 0 Å². The zero-order valence-corrected chi connectivity index (χ0v) is 16.1. The maximum atomic E-state index is 12.3. The molecule has 1 aliphatic carbocycles.